The van der Waals surface area contributed by atoms with Gasteiger partial charge in [0.05, 0.1) is 23.7 Å². The molecule has 8 nitrogen and oxygen atoms in total. The van der Waals surface area contributed by atoms with Crippen LogP contribution in [0.5, 0.6) is 0 Å². The van der Waals surface area contributed by atoms with Crippen molar-refractivity contribution in [2.75, 3.05) is 25.4 Å². The second-order valence-electron chi connectivity index (χ2n) is 6.55. The monoisotopic (exact) mass is 414 g/mol. The molecule has 2 aromatic heterocycles. The summed E-state index contributed by atoms with van der Waals surface area (Å²) in [6.45, 7) is 8.45. The van der Waals surface area contributed by atoms with E-state index in [1.165, 1.54) is 11.8 Å². The van der Waals surface area contributed by atoms with Crippen LogP contribution in [0.25, 0.3) is 5.69 Å². The minimum Gasteiger partial charge on any atom is -0.468 e. The third kappa shape index (κ3) is 5.45. The maximum atomic E-state index is 12.4. The van der Waals surface area contributed by atoms with Crippen molar-refractivity contribution in [2.24, 2.45) is 0 Å². The molecule has 1 unspecified atom stereocenters. The number of furan rings is 1. The Hall–Kier alpha value is -2.65. The average Bonchev–Trinajstić information content (AvgIpc) is 3.42. The smallest absolute Gasteiger partial charge is 0.230 e. The van der Waals surface area contributed by atoms with Gasteiger partial charge in [-0.1, -0.05) is 43.3 Å². The van der Waals surface area contributed by atoms with E-state index in [4.69, 9.17) is 4.42 Å². The Morgan fingerprint density at radius 1 is 1.24 bits per heavy atom. The summed E-state index contributed by atoms with van der Waals surface area (Å²) in [4.78, 5) is 14.7. The van der Waals surface area contributed by atoms with Gasteiger partial charge in [0.25, 0.3) is 0 Å². The maximum Gasteiger partial charge on any atom is 0.230 e. The van der Waals surface area contributed by atoms with Crippen LogP contribution in [-0.2, 0) is 4.79 Å². The number of aryl methyl sites for hydroxylation is 1. The molecule has 0 spiro atoms. The van der Waals surface area contributed by atoms with Crippen LogP contribution in [0.2, 0.25) is 0 Å². The molecule has 0 saturated carbocycles. The number of rotatable bonds is 10. The topological polar surface area (TPSA) is 89.1 Å². The van der Waals surface area contributed by atoms with Crippen molar-refractivity contribution >= 4 is 17.7 Å². The van der Waals surface area contributed by atoms with Gasteiger partial charge in [0, 0.05) is 6.54 Å². The quantitative estimate of drug-likeness (QED) is 0.510. The van der Waals surface area contributed by atoms with Gasteiger partial charge in [0.1, 0.15) is 5.76 Å². The summed E-state index contributed by atoms with van der Waals surface area (Å²) in [5.74, 6) is 1.01. The lowest BCUT2D eigenvalue weighted by atomic mass is 10.2. The largest absolute Gasteiger partial charge is 0.468 e. The Labute approximate surface area is 174 Å². The molecule has 0 saturated heterocycles. The molecule has 1 atom stereocenters. The summed E-state index contributed by atoms with van der Waals surface area (Å²) in [7, 11) is 0. The first-order valence-corrected chi connectivity index (χ1v) is 10.6. The number of likely N-dealkylation sites (N-methyl/N-ethyl adjacent to an activating group) is 1. The van der Waals surface area contributed by atoms with Gasteiger partial charge in [-0.15, -0.1) is 5.10 Å². The van der Waals surface area contributed by atoms with Gasteiger partial charge in [-0.25, -0.2) is 0 Å². The molecule has 154 valence electrons. The first-order valence-electron chi connectivity index (χ1n) is 9.64. The Morgan fingerprint density at radius 3 is 2.66 bits per heavy atom. The molecule has 0 fully saturated rings. The van der Waals surface area contributed by atoms with Crippen molar-refractivity contribution in [1.82, 2.24) is 30.4 Å². The molecule has 29 heavy (non-hydrogen) atoms. The van der Waals surface area contributed by atoms with Gasteiger partial charge in [-0.05, 0) is 54.7 Å². The first kappa shape index (κ1) is 21.1. The van der Waals surface area contributed by atoms with Crippen LogP contribution in [0, 0.1) is 6.92 Å². The fraction of sp³-hybridized carbons (Fsp3) is 0.400. The van der Waals surface area contributed by atoms with Gasteiger partial charge >= 0.3 is 0 Å². The molecule has 1 N–H and O–H groups in total. The highest BCUT2D eigenvalue weighted by molar-refractivity contribution is 7.99. The van der Waals surface area contributed by atoms with Crippen LogP contribution in [0.15, 0.2) is 52.2 Å². The number of tetrazole rings is 1. The minimum atomic E-state index is -0.0721. The van der Waals surface area contributed by atoms with Gasteiger partial charge in [-0.3, -0.25) is 9.69 Å². The van der Waals surface area contributed by atoms with Crippen LogP contribution in [0.1, 0.15) is 31.2 Å². The molecule has 9 heteroatoms. The molecule has 3 rings (SSSR count). The molecule has 0 radical (unpaired) electrons. The van der Waals surface area contributed by atoms with Crippen molar-refractivity contribution in [3.8, 4) is 5.69 Å². The van der Waals surface area contributed by atoms with E-state index in [1.807, 2.05) is 43.3 Å². The second kappa shape index (κ2) is 10.2. The van der Waals surface area contributed by atoms with E-state index < -0.39 is 0 Å². The van der Waals surface area contributed by atoms with E-state index in [0.29, 0.717) is 11.7 Å². The molecule has 0 aliphatic carbocycles. The molecule has 1 aromatic carbocycles. The summed E-state index contributed by atoms with van der Waals surface area (Å²) in [6, 6.07) is 11.7. The lowest BCUT2D eigenvalue weighted by Gasteiger charge is -2.28. The number of amides is 1. The standard InChI is InChI=1S/C20H26N6O2S/c1-4-25(5-2)17(18-7-6-12-28-18)13-21-19(27)14-29-20-22-23-24-26(20)16-10-8-15(3)9-11-16/h6-12,17H,4-5,13-14H2,1-3H3,(H,21,27). The van der Waals surface area contributed by atoms with Crippen molar-refractivity contribution in [3.05, 3.63) is 54.0 Å². The minimum absolute atomic E-state index is 0.00632. The SMILES string of the molecule is CCN(CC)C(CNC(=O)CSc1nnnn1-c1ccc(C)cc1)c1ccco1. The number of hydrogen-bond acceptors (Lipinski definition) is 7. The van der Waals surface area contributed by atoms with Gasteiger partial charge in [0.2, 0.25) is 11.1 Å². The summed E-state index contributed by atoms with van der Waals surface area (Å²) in [5, 5.41) is 15.4. The van der Waals surface area contributed by atoms with Crippen molar-refractivity contribution < 1.29 is 9.21 Å². The van der Waals surface area contributed by atoms with E-state index in [-0.39, 0.29) is 17.7 Å². The lowest BCUT2D eigenvalue weighted by molar-refractivity contribution is -0.118. The molecule has 1 amide bonds. The Bertz CT molecular complexity index is 890. The zero-order valence-electron chi connectivity index (χ0n) is 16.9. The second-order valence-corrected chi connectivity index (χ2v) is 7.50. The number of nitrogens with one attached hydrogen (secondary N) is 1. The predicted octanol–water partition coefficient (Wildman–Crippen LogP) is 2.86. The van der Waals surface area contributed by atoms with Crippen LogP contribution < -0.4 is 5.32 Å². The van der Waals surface area contributed by atoms with E-state index in [9.17, 15) is 4.79 Å². The van der Waals surface area contributed by atoms with E-state index >= 15 is 0 Å². The van der Waals surface area contributed by atoms with E-state index in [0.717, 1.165) is 30.1 Å². The zero-order chi connectivity index (χ0) is 20.6. The summed E-state index contributed by atoms with van der Waals surface area (Å²) < 4.78 is 7.21. The lowest BCUT2D eigenvalue weighted by Crippen LogP contribution is -2.38. The predicted molar refractivity (Wildman–Crippen MR) is 112 cm³/mol. The fourth-order valence-corrected chi connectivity index (χ4v) is 3.78. The number of thioether (sulfide) groups is 1. The third-order valence-corrected chi connectivity index (χ3v) is 5.59. The molecular formula is C20H26N6O2S. The molecule has 0 aliphatic rings. The molecule has 0 aliphatic heterocycles. The zero-order valence-corrected chi connectivity index (χ0v) is 17.7. The fourth-order valence-electron chi connectivity index (χ4n) is 3.06. The number of nitrogens with zero attached hydrogens (tertiary/aromatic N) is 5. The van der Waals surface area contributed by atoms with Gasteiger partial charge < -0.3 is 9.73 Å². The van der Waals surface area contributed by atoms with E-state index in [1.54, 1.807) is 10.9 Å². The third-order valence-electron chi connectivity index (χ3n) is 4.67. The highest BCUT2D eigenvalue weighted by Gasteiger charge is 2.21. The number of hydrogen-bond donors (Lipinski definition) is 1. The highest BCUT2D eigenvalue weighted by Crippen LogP contribution is 2.21. The van der Waals surface area contributed by atoms with E-state index in [2.05, 4.69) is 39.6 Å². The molecule has 2 heterocycles. The van der Waals surface area contributed by atoms with Crippen LogP contribution in [0.3, 0.4) is 0 Å². The number of aromatic nitrogens is 4. The van der Waals surface area contributed by atoms with Crippen LogP contribution in [-0.4, -0.2) is 56.4 Å². The Balaban J connectivity index is 1.57. The normalized spacial score (nSPS) is 12.3. The Morgan fingerprint density at radius 2 is 2.00 bits per heavy atom. The maximum absolute atomic E-state index is 12.4. The van der Waals surface area contributed by atoms with Crippen LogP contribution in [0.4, 0.5) is 0 Å². The highest BCUT2D eigenvalue weighted by atomic mass is 32.2. The number of carbonyl (C=O) groups is 1. The molecule has 3 aromatic rings. The van der Waals surface area contributed by atoms with Crippen molar-refractivity contribution in [2.45, 2.75) is 32.0 Å². The van der Waals surface area contributed by atoms with Crippen LogP contribution >= 0.6 is 11.8 Å². The number of benzene rings is 1. The van der Waals surface area contributed by atoms with Crippen molar-refractivity contribution in [1.29, 1.82) is 0 Å². The molecule has 0 bridgehead atoms. The van der Waals surface area contributed by atoms with Crippen molar-refractivity contribution in [3.63, 3.8) is 0 Å². The summed E-state index contributed by atoms with van der Waals surface area (Å²) in [6.07, 6.45) is 1.66. The summed E-state index contributed by atoms with van der Waals surface area (Å²) in [5.41, 5.74) is 2.03. The number of carbonyl (C=O) groups excluding carboxylic acids is 1. The Kier molecular flexibility index (Phi) is 7.42. The summed E-state index contributed by atoms with van der Waals surface area (Å²) >= 11 is 1.31. The molecular weight excluding hydrogens is 388 g/mol. The van der Waals surface area contributed by atoms with Gasteiger partial charge in [-0.2, -0.15) is 4.68 Å². The average molecular weight is 415 g/mol. The first-order chi connectivity index (χ1) is 14.1. The van der Waals surface area contributed by atoms with Gasteiger partial charge in [0.15, 0.2) is 0 Å².